The van der Waals surface area contributed by atoms with Crippen molar-refractivity contribution in [2.75, 3.05) is 0 Å². The summed E-state index contributed by atoms with van der Waals surface area (Å²) in [5.74, 6) is 0.653. The molecule has 1 aliphatic carbocycles. The fraction of sp³-hybridized carbons (Fsp3) is 0.636. The Morgan fingerprint density at radius 1 is 1.33 bits per heavy atom. The van der Waals surface area contributed by atoms with Crippen LogP contribution in [0.1, 0.15) is 32.1 Å². The topological polar surface area (TPSA) is 20.2 Å². The Balaban J connectivity index is 2.41. The fourth-order valence-corrected chi connectivity index (χ4v) is 1.63. The van der Waals surface area contributed by atoms with Crippen LogP contribution in [0.2, 0.25) is 0 Å². The predicted octanol–water partition coefficient (Wildman–Crippen LogP) is 2.67. The molecule has 1 aliphatic rings. The van der Waals surface area contributed by atoms with Crippen LogP contribution in [0.5, 0.6) is 0 Å². The van der Waals surface area contributed by atoms with Gasteiger partial charge in [0.1, 0.15) is 0 Å². The Labute approximate surface area is 74.8 Å². The monoisotopic (exact) mass is 166 g/mol. The molecule has 0 amide bonds. The first-order valence-electron chi connectivity index (χ1n) is 4.80. The SMILES string of the molecule is C=CC1CCC=CC(O)CCC1. The van der Waals surface area contributed by atoms with Gasteiger partial charge in [-0.2, -0.15) is 0 Å². The standard InChI is InChI=1S/C11H18O/c1-2-10-6-3-4-8-11(12)9-5-7-10/h2,4,8,10-12H,1,3,5-7,9H2. The number of hydrogen-bond donors (Lipinski definition) is 1. The van der Waals surface area contributed by atoms with Crippen molar-refractivity contribution in [1.82, 2.24) is 0 Å². The Hall–Kier alpha value is -0.560. The highest BCUT2D eigenvalue weighted by molar-refractivity contribution is 4.92. The van der Waals surface area contributed by atoms with E-state index in [9.17, 15) is 5.11 Å². The highest BCUT2D eigenvalue weighted by Gasteiger charge is 2.07. The summed E-state index contributed by atoms with van der Waals surface area (Å²) in [4.78, 5) is 0. The molecule has 2 atom stereocenters. The second-order valence-electron chi connectivity index (χ2n) is 3.50. The van der Waals surface area contributed by atoms with Gasteiger partial charge in [0.25, 0.3) is 0 Å². The molecule has 1 rings (SSSR count). The van der Waals surface area contributed by atoms with Crippen LogP contribution in [0.25, 0.3) is 0 Å². The van der Waals surface area contributed by atoms with E-state index in [1.165, 1.54) is 12.8 Å². The molecule has 0 bridgehead atoms. The zero-order valence-electron chi connectivity index (χ0n) is 7.58. The highest BCUT2D eigenvalue weighted by Crippen LogP contribution is 2.19. The maximum Gasteiger partial charge on any atom is 0.0720 e. The quantitative estimate of drug-likeness (QED) is 0.594. The lowest BCUT2D eigenvalue weighted by Gasteiger charge is -2.09. The summed E-state index contributed by atoms with van der Waals surface area (Å²) in [6.07, 6.45) is 11.3. The molecule has 0 aromatic carbocycles. The molecule has 68 valence electrons. The second kappa shape index (κ2) is 5.15. The van der Waals surface area contributed by atoms with Crippen LogP contribution < -0.4 is 0 Å². The van der Waals surface area contributed by atoms with Crippen molar-refractivity contribution in [2.24, 2.45) is 5.92 Å². The fourth-order valence-electron chi connectivity index (χ4n) is 1.63. The molecule has 0 aromatic rings. The van der Waals surface area contributed by atoms with Crippen LogP contribution in [0, 0.1) is 5.92 Å². The third-order valence-electron chi connectivity index (χ3n) is 2.47. The zero-order chi connectivity index (χ0) is 8.81. The predicted molar refractivity (Wildman–Crippen MR) is 51.9 cm³/mol. The van der Waals surface area contributed by atoms with Gasteiger partial charge in [0.2, 0.25) is 0 Å². The average Bonchev–Trinajstić information content (AvgIpc) is 2.17. The van der Waals surface area contributed by atoms with E-state index in [4.69, 9.17) is 0 Å². The van der Waals surface area contributed by atoms with E-state index in [1.54, 1.807) is 0 Å². The first-order valence-corrected chi connectivity index (χ1v) is 4.80. The van der Waals surface area contributed by atoms with E-state index < -0.39 is 0 Å². The summed E-state index contributed by atoms with van der Waals surface area (Å²) in [6.45, 7) is 3.82. The molecule has 0 aromatic heterocycles. The van der Waals surface area contributed by atoms with Crippen LogP contribution in [-0.2, 0) is 0 Å². The normalized spacial score (nSPS) is 31.8. The van der Waals surface area contributed by atoms with Gasteiger partial charge in [-0.05, 0) is 38.0 Å². The van der Waals surface area contributed by atoms with Gasteiger partial charge in [-0.15, -0.1) is 6.58 Å². The summed E-state index contributed by atoms with van der Waals surface area (Å²) in [6, 6.07) is 0. The molecule has 0 saturated carbocycles. The molecule has 0 aliphatic heterocycles. The minimum Gasteiger partial charge on any atom is -0.389 e. The number of hydrogen-bond acceptors (Lipinski definition) is 1. The van der Waals surface area contributed by atoms with Crippen LogP contribution in [0.4, 0.5) is 0 Å². The molecule has 0 heterocycles. The molecular weight excluding hydrogens is 148 g/mol. The van der Waals surface area contributed by atoms with Crippen molar-refractivity contribution in [1.29, 1.82) is 0 Å². The van der Waals surface area contributed by atoms with Gasteiger partial charge in [-0.3, -0.25) is 0 Å². The molecule has 0 radical (unpaired) electrons. The van der Waals surface area contributed by atoms with E-state index in [1.807, 2.05) is 12.2 Å². The third-order valence-corrected chi connectivity index (χ3v) is 2.47. The lowest BCUT2D eigenvalue weighted by molar-refractivity contribution is 0.207. The average molecular weight is 166 g/mol. The van der Waals surface area contributed by atoms with Crippen LogP contribution >= 0.6 is 0 Å². The maximum atomic E-state index is 9.39. The van der Waals surface area contributed by atoms with Gasteiger partial charge in [-0.1, -0.05) is 18.2 Å². The molecular formula is C11H18O. The molecule has 1 nitrogen and oxygen atoms in total. The van der Waals surface area contributed by atoms with Crippen LogP contribution in [0.3, 0.4) is 0 Å². The third kappa shape index (κ3) is 3.22. The van der Waals surface area contributed by atoms with Gasteiger partial charge in [0.15, 0.2) is 0 Å². The largest absolute Gasteiger partial charge is 0.389 e. The summed E-state index contributed by atoms with van der Waals surface area (Å²) < 4.78 is 0. The van der Waals surface area contributed by atoms with Crippen molar-refractivity contribution >= 4 is 0 Å². The van der Waals surface area contributed by atoms with E-state index >= 15 is 0 Å². The molecule has 0 fully saturated rings. The zero-order valence-corrected chi connectivity index (χ0v) is 7.58. The van der Waals surface area contributed by atoms with Crippen molar-refractivity contribution in [3.63, 3.8) is 0 Å². The van der Waals surface area contributed by atoms with Crippen molar-refractivity contribution in [2.45, 2.75) is 38.2 Å². The number of allylic oxidation sites excluding steroid dienone is 2. The molecule has 12 heavy (non-hydrogen) atoms. The summed E-state index contributed by atoms with van der Waals surface area (Å²) >= 11 is 0. The lowest BCUT2D eigenvalue weighted by atomic mass is 9.97. The first-order chi connectivity index (χ1) is 5.83. The van der Waals surface area contributed by atoms with E-state index in [0.717, 1.165) is 19.3 Å². The number of rotatable bonds is 1. The van der Waals surface area contributed by atoms with E-state index in [2.05, 4.69) is 12.7 Å². The summed E-state index contributed by atoms with van der Waals surface area (Å²) in [7, 11) is 0. The lowest BCUT2D eigenvalue weighted by Crippen LogP contribution is -2.01. The van der Waals surface area contributed by atoms with Gasteiger partial charge >= 0.3 is 0 Å². The molecule has 2 unspecified atom stereocenters. The van der Waals surface area contributed by atoms with Crippen molar-refractivity contribution in [3.8, 4) is 0 Å². The van der Waals surface area contributed by atoms with Gasteiger partial charge in [-0.25, -0.2) is 0 Å². The number of aliphatic hydroxyl groups is 1. The minimum absolute atomic E-state index is 0.214. The smallest absolute Gasteiger partial charge is 0.0720 e. The first kappa shape index (κ1) is 9.53. The van der Waals surface area contributed by atoms with E-state index in [0.29, 0.717) is 5.92 Å². The molecule has 1 heteroatoms. The Kier molecular flexibility index (Phi) is 4.09. The van der Waals surface area contributed by atoms with E-state index in [-0.39, 0.29) is 6.10 Å². The van der Waals surface area contributed by atoms with Crippen LogP contribution in [-0.4, -0.2) is 11.2 Å². The highest BCUT2D eigenvalue weighted by atomic mass is 16.3. The molecule has 0 saturated heterocycles. The van der Waals surface area contributed by atoms with Crippen LogP contribution in [0.15, 0.2) is 24.8 Å². The second-order valence-corrected chi connectivity index (χ2v) is 3.50. The Morgan fingerprint density at radius 2 is 2.17 bits per heavy atom. The maximum absolute atomic E-state index is 9.39. The molecule has 1 N–H and O–H groups in total. The Morgan fingerprint density at radius 3 is 2.92 bits per heavy atom. The van der Waals surface area contributed by atoms with Gasteiger partial charge < -0.3 is 5.11 Å². The van der Waals surface area contributed by atoms with Gasteiger partial charge in [0.05, 0.1) is 6.10 Å². The summed E-state index contributed by atoms with van der Waals surface area (Å²) in [5, 5.41) is 9.39. The minimum atomic E-state index is -0.214. The molecule has 0 spiro atoms. The number of aliphatic hydroxyl groups excluding tert-OH is 1. The Bertz CT molecular complexity index is 160. The summed E-state index contributed by atoms with van der Waals surface area (Å²) in [5.41, 5.74) is 0. The van der Waals surface area contributed by atoms with Crippen molar-refractivity contribution in [3.05, 3.63) is 24.8 Å². The van der Waals surface area contributed by atoms with Crippen molar-refractivity contribution < 1.29 is 5.11 Å². The van der Waals surface area contributed by atoms with Gasteiger partial charge in [0, 0.05) is 0 Å².